The molecule has 96 valence electrons. The lowest BCUT2D eigenvalue weighted by Gasteiger charge is -2.15. The molecule has 0 heterocycles. The normalized spacial score (nSPS) is 13.6. The maximum Gasteiger partial charge on any atom is 0.130 e. The zero-order chi connectivity index (χ0) is 13.8. The molecule has 0 unspecified atom stereocenters. The molecule has 0 radical (unpaired) electrons. The Hall–Kier alpha value is -1.63. The van der Waals surface area contributed by atoms with Crippen LogP contribution in [-0.2, 0) is 5.67 Å². The minimum absolute atomic E-state index is 0.706. The van der Waals surface area contributed by atoms with Crippen molar-refractivity contribution in [3.63, 3.8) is 0 Å². The van der Waals surface area contributed by atoms with Crippen molar-refractivity contribution in [1.82, 2.24) is 0 Å². The van der Waals surface area contributed by atoms with Crippen LogP contribution in [0.3, 0.4) is 0 Å². The van der Waals surface area contributed by atoms with E-state index in [1.54, 1.807) is 13.8 Å². The van der Waals surface area contributed by atoms with E-state index in [4.69, 9.17) is 0 Å². The van der Waals surface area contributed by atoms with Gasteiger partial charge in [0.2, 0.25) is 0 Å². The van der Waals surface area contributed by atoms with Gasteiger partial charge in [-0.25, -0.2) is 4.39 Å². The Kier molecular flexibility index (Phi) is 4.66. The first kappa shape index (κ1) is 14.4. The van der Waals surface area contributed by atoms with Gasteiger partial charge in [0, 0.05) is 0 Å². The van der Waals surface area contributed by atoms with E-state index in [1.165, 1.54) is 0 Å². The lowest BCUT2D eigenvalue weighted by atomic mass is 9.95. The molecule has 0 aromatic heterocycles. The van der Waals surface area contributed by atoms with Crippen LogP contribution >= 0.6 is 0 Å². The summed E-state index contributed by atoms with van der Waals surface area (Å²) < 4.78 is 13.9. The van der Waals surface area contributed by atoms with E-state index in [1.807, 2.05) is 56.3 Å². The molecular formula is C17H21F. The van der Waals surface area contributed by atoms with Crippen LogP contribution in [0, 0.1) is 0 Å². The van der Waals surface area contributed by atoms with Gasteiger partial charge in [0.05, 0.1) is 0 Å². The lowest BCUT2D eigenvalue weighted by Crippen LogP contribution is -2.08. The molecule has 0 saturated carbocycles. The number of rotatable bonds is 4. The van der Waals surface area contributed by atoms with Crippen molar-refractivity contribution in [2.45, 2.75) is 33.4 Å². The van der Waals surface area contributed by atoms with Gasteiger partial charge in [0.25, 0.3) is 0 Å². The van der Waals surface area contributed by atoms with E-state index < -0.39 is 5.67 Å². The minimum Gasteiger partial charge on any atom is -0.239 e. The number of allylic oxidation sites excluding steroid dienone is 5. The summed E-state index contributed by atoms with van der Waals surface area (Å²) in [5.41, 5.74) is 2.67. The average Bonchev–Trinajstić information content (AvgIpc) is 2.34. The second-order valence-electron chi connectivity index (χ2n) is 5.02. The molecular weight excluding hydrogens is 223 g/mol. The van der Waals surface area contributed by atoms with Gasteiger partial charge in [0.1, 0.15) is 5.67 Å². The van der Waals surface area contributed by atoms with E-state index in [-0.39, 0.29) is 0 Å². The summed E-state index contributed by atoms with van der Waals surface area (Å²) in [4.78, 5) is 0. The number of alkyl halides is 1. The van der Waals surface area contributed by atoms with Gasteiger partial charge in [-0.05, 0) is 50.5 Å². The highest BCUT2D eigenvalue weighted by atomic mass is 19.1. The van der Waals surface area contributed by atoms with Crippen molar-refractivity contribution < 1.29 is 4.39 Å². The minimum atomic E-state index is -1.30. The smallest absolute Gasteiger partial charge is 0.130 e. The van der Waals surface area contributed by atoms with Gasteiger partial charge in [-0.1, -0.05) is 48.6 Å². The molecule has 0 bridgehead atoms. The maximum absolute atomic E-state index is 13.9. The summed E-state index contributed by atoms with van der Waals surface area (Å²) in [7, 11) is 0. The molecule has 18 heavy (non-hydrogen) atoms. The summed E-state index contributed by atoms with van der Waals surface area (Å²) in [6, 6.07) is 7.62. The molecule has 0 nitrogen and oxygen atoms in total. The summed E-state index contributed by atoms with van der Waals surface area (Å²) in [6.45, 7) is 10.9. The van der Waals surface area contributed by atoms with Gasteiger partial charge < -0.3 is 0 Å². The highest BCUT2D eigenvalue weighted by molar-refractivity contribution is 5.66. The van der Waals surface area contributed by atoms with Crippen LogP contribution in [0.15, 0.2) is 54.6 Å². The van der Waals surface area contributed by atoms with E-state index >= 15 is 0 Å². The van der Waals surface area contributed by atoms with Gasteiger partial charge in [-0.15, -0.1) is 0 Å². The molecule has 1 rings (SSSR count). The SMILES string of the molecule is C=C/C(C)=C/C=C(\C)c1cccc(C(C)(C)F)c1. The van der Waals surface area contributed by atoms with Crippen LogP contribution in [0.2, 0.25) is 0 Å². The first-order valence-electron chi connectivity index (χ1n) is 6.12. The van der Waals surface area contributed by atoms with Crippen LogP contribution in [0.4, 0.5) is 4.39 Å². The van der Waals surface area contributed by atoms with Crippen LogP contribution in [0.25, 0.3) is 5.57 Å². The van der Waals surface area contributed by atoms with E-state index in [9.17, 15) is 4.39 Å². The predicted molar refractivity (Wildman–Crippen MR) is 78.2 cm³/mol. The fraction of sp³-hybridized carbons (Fsp3) is 0.294. The van der Waals surface area contributed by atoms with Crippen LogP contribution in [-0.4, -0.2) is 0 Å². The monoisotopic (exact) mass is 244 g/mol. The van der Waals surface area contributed by atoms with E-state index in [2.05, 4.69) is 6.58 Å². The van der Waals surface area contributed by atoms with Gasteiger partial charge in [-0.3, -0.25) is 0 Å². The van der Waals surface area contributed by atoms with Crippen molar-refractivity contribution >= 4 is 5.57 Å². The molecule has 0 atom stereocenters. The largest absolute Gasteiger partial charge is 0.239 e. The molecule has 1 aromatic rings. The predicted octanol–water partition coefficient (Wildman–Crippen LogP) is 5.43. The second-order valence-corrected chi connectivity index (χ2v) is 5.02. The number of halogens is 1. The van der Waals surface area contributed by atoms with Crippen molar-refractivity contribution in [3.8, 4) is 0 Å². The first-order valence-corrected chi connectivity index (χ1v) is 6.12. The van der Waals surface area contributed by atoms with Crippen LogP contribution in [0.1, 0.15) is 38.8 Å². The summed E-state index contributed by atoms with van der Waals surface area (Å²) in [6.07, 6.45) is 5.85. The Labute approximate surface area is 110 Å². The fourth-order valence-electron chi connectivity index (χ4n) is 1.55. The average molecular weight is 244 g/mol. The molecule has 0 spiro atoms. The molecule has 0 N–H and O–H groups in total. The highest BCUT2D eigenvalue weighted by Gasteiger charge is 2.18. The molecule has 0 aliphatic heterocycles. The Morgan fingerprint density at radius 2 is 1.89 bits per heavy atom. The van der Waals surface area contributed by atoms with E-state index in [0.717, 1.165) is 16.7 Å². The molecule has 1 aromatic carbocycles. The third kappa shape index (κ3) is 3.99. The zero-order valence-corrected chi connectivity index (χ0v) is 11.6. The quantitative estimate of drug-likeness (QED) is 0.620. The lowest BCUT2D eigenvalue weighted by molar-refractivity contribution is 0.221. The van der Waals surface area contributed by atoms with Gasteiger partial charge in [-0.2, -0.15) is 0 Å². The summed E-state index contributed by atoms with van der Waals surface area (Å²) >= 11 is 0. The zero-order valence-electron chi connectivity index (χ0n) is 11.6. The Morgan fingerprint density at radius 1 is 1.22 bits per heavy atom. The van der Waals surface area contributed by atoms with Gasteiger partial charge in [0.15, 0.2) is 0 Å². The maximum atomic E-state index is 13.9. The molecule has 1 heteroatoms. The standard InChI is InChI=1S/C17H21F/c1-6-13(2)10-11-14(3)15-8-7-9-16(12-15)17(4,5)18/h6-12H,1H2,2-5H3/b13-10+,14-11+. The first-order chi connectivity index (χ1) is 8.34. The van der Waals surface area contributed by atoms with Crippen molar-refractivity contribution in [2.24, 2.45) is 0 Å². The number of benzene rings is 1. The molecule has 0 fully saturated rings. The second kappa shape index (κ2) is 5.81. The topological polar surface area (TPSA) is 0 Å². The fourth-order valence-corrected chi connectivity index (χ4v) is 1.55. The van der Waals surface area contributed by atoms with Gasteiger partial charge >= 0.3 is 0 Å². The Bertz CT molecular complexity index is 485. The number of hydrogen-bond donors (Lipinski definition) is 0. The highest BCUT2D eigenvalue weighted by Crippen LogP contribution is 2.27. The summed E-state index contributed by atoms with van der Waals surface area (Å²) in [5, 5.41) is 0. The third-order valence-corrected chi connectivity index (χ3v) is 2.92. The Balaban J connectivity index is 3.08. The molecule has 0 aliphatic rings. The van der Waals surface area contributed by atoms with Crippen LogP contribution in [0.5, 0.6) is 0 Å². The van der Waals surface area contributed by atoms with Crippen molar-refractivity contribution in [3.05, 3.63) is 65.8 Å². The van der Waals surface area contributed by atoms with Crippen LogP contribution < -0.4 is 0 Å². The number of hydrogen-bond acceptors (Lipinski definition) is 0. The molecule has 0 amide bonds. The van der Waals surface area contributed by atoms with Crippen molar-refractivity contribution in [1.29, 1.82) is 0 Å². The molecule has 0 aliphatic carbocycles. The molecule has 0 saturated heterocycles. The van der Waals surface area contributed by atoms with Crippen molar-refractivity contribution in [2.75, 3.05) is 0 Å². The Morgan fingerprint density at radius 3 is 2.44 bits per heavy atom. The third-order valence-electron chi connectivity index (χ3n) is 2.92. The van der Waals surface area contributed by atoms with E-state index in [0.29, 0.717) is 5.56 Å². The summed E-state index contributed by atoms with van der Waals surface area (Å²) in [5.74, 6) is 0.